The third kappa shape index (κ3) is 0.947. The zero-order chi connectivity index (χ0) is 7.83. The molecule has 0 saturated heterocycles. The lowest BCUT2D eigenvalue weighted by atomic mass is 9.94. The first kappa shape index (κ1) is 7.99. The maximum absolute atomic E-state index is 11.9. The first-order chi connectivity index (χ1) is 4.58. The first-order valence-electron chi connectivity index (χ1n) is 3.75. The van der Waals surface area contributed by atoms with Crippen molar-refractivity contribution in [1.29, 1.82) is 0 Å². The van der Waals surface area contributed by atoms with Crippen molar-refractivity contribution in [1.82, 2.24) is 0 Å². The highest BCUT2D eigenvalue weighted by Gasteiger charge is 2.59. The standard InChI is InChI=1S/C8H15FO/c1-7(2)5-8(7,6-10)3-4-9/h10H,3-6H2,1-2H3. The Bertz CT molecular complexity index is 133. The molecular formula is C8H15FO. The van der Waals surface area contributed by atoms with Gasteiger partial charge in [0, 0.05) is 12.0 Å². The SMILES string of the molecule is CC1(C)CC1(CO)CCF. The van der Waals surface area contributed by atoms with Crippen LogP contribution in [0.15, 0.2) is 0 Å². The van der Waals surface area contributed by atoms with Gasteiger partial charge < -0.3 is 5.11 Å². The van der Waals surface area contributed by atoms with Gasteiger partial charge in [-0.1, -0.05) is 13.8 Å². The van der Waals surface area contributed by atoms with Crippen LogP contribution in [0.4, 0.5) is 4.39 Å². The van der Waals surface area contributed by atoms with Crippen molar-refractivity contribution in [3.63, 3.8) is 0 Å². The molecule has 0 aromatic rings. The summed E-state index contributed by atoms with van der Waals surface area (Å²) in [5, 5.41) is 8.96. The Morgan fingerprint density at radius 3 is 2.10 bits per heavy atom. The number of rotatable bonds is 3. The van der Waals surface area contributed by atoms with E-state index in [-0.39, 0.29) is 24.1 Å². The summed E-state index contributed by atoms with van der Waals surface area (Å²) in [4.78, 5) is 0. The van der Waals surface area contributed by atoms with E-state index in [9.17, 15) is 4.39 Å². The summed E-state index contributed by atoms with van der Waals surface area (Å²) >= 11 is 0. The quantitative estimate of drug-likeness (QED) is 0.643. The molecular weight excluding hydrogens is 131 g/mol. The van der Waals surface area contributed by atoms with Crippen molar-refractivity contribution in [3.05, 3.63) is 0 Å². The van der Waals surface area contributed by atoms with E-state index in [4.69, 9.17) is 5.11 Å². The van der Waals surface area contributed by atoms with Crippen LogP contribution in [0.3, 0.4) is 0 Å². The van der Waals surface area contributed by atoms with Gasteiger partial charge in [-0.2, -0.15) is 0 Å². The van der Waals surface area contributed by atoms with Crippen molar-refractivity contribution in [3.8, 4) is 0 Å². The second-order valence-electron chi connectivity index (χ2n) is 3.94. The van der Waals surface area contributed by atoms with Gasteiger partial charge in [-0.05, 0) is 18.3 Å². The number of halogens is 1. The molecule has 1 fully saturated rings. The predicted molar refractivity (Wildman–Crippen MR) is 38.5 cm³/mol. The largest absolute Gasteiger partial charge is 0.396 e. The lowest BCUT2D eigenvalue weighted by Crippen LogP contribution is -2.14. The van der Waals surface area contributed by atoms with Crippen LogP contribution < -0.4 is 0 Å². The third-order valence-corrected chi connectivity index (χ3v) is 2.97. The van der Waals surface area contributed by atoms with E-state index in [0.717, 1.165) is 6.42 Å². The molecule has 0 aliphatic heterocycles. The zero-order valence-corrected chi connectivity index (χ0v) is 6.65. The fourth-order valence-corrected chi connectivity index (χ4v) is 1.76. The topological polar surface area (TPSA) is 20.2 Å². The Kier molecular flexibility index (Phi) is 1.75. The second-order valence-corrected chi connectivity index (χ2v) is 3.94. The first-order valence-corrected chi connectivity index (χ1v) is 3.75. The number of hydrogen-bond acceptors (Lipinski definition) is 1. The minimum atomic E-state index is -0.302. The van der Waals surface area contributed by atoms with Gasteiger partial charge in [0.25, 0.3) is 0 Å². The molecule has 60 valence electrons. The number of hydrogen-bond donors (Lipinski definition) is 1. The second kappa shape index (κ2) is 2.19. The minimum absolute atomic E-state index is 0.0816. The van der Waals surface area contributed by atoms with Gasteiger partial charge >= 0.3 is 0 Å². The molecule has 1 aliphatic carbocycles. The fourth-order valence-electron chi connectivity index (χ4n) is 1.76. The van der Waals surface area contributed by atoms with Crippen molar-refractivity contribution < 1.29 is 9.50 Å². The molecule has 0 bridgehead atoms. The molecule has 0 radical (unpaired) electrons. The molecule has 2 heteroatoms. The van der Waals surface area contributed by atoms with Crippen LogP contribution in [0.1, 0.15) is 26.7 Å². The fraction of sp³-hybridized carbons (Fsp3) is 1.00. The average Bonchev–Trinajstić information content (AvgIpc) is 2.37. The Labute approximate surface area is 61.2 Å². The number of alkyl halides is 1. The van der Waals surface area contributed by atoms with E-state index >= 15 is 0 Å². The molecule has 10 heavy (non-hydrogen) atoms. The monoisotopic (exact) mass is 146 g/mol. The molecule has 0 amide bonds. The maximum Gasteiger partial charge on any atom is 0.0900 e. The molecule has 0 aromatic heterocycles. The molecule has 0 aromatic carbocycles. The molecule has 0 spiro atoms. The van der Waals surface area contributed by atoms with Gasteiger partial charge in [-0.25, -0.2) is 0 Å². The predicted octanol–water partition coefficient (Wildman–Crippen LogP) is 1.75. The molecule has 1 atom stereocenters. The van der Waals surface area contributed by atoms with Crippen LogP contribution in [0.2, 0.25) is 0 Å². The Morgan fingerprint density at radius 2 is 2.00 bits per heavy atom. The minimum Gasteiger partial charge on any atom is -0.396 e. The van der Waals surface area contributed by atoms with Gasteiger partial charge in [0.15, 0.2) is 0 Å². The zero-order valence-electron chi connectivity index (χ0n) is 6.65. The molecule has 1 unspecified atom stereocenters. The van der Waals surface area contributed by atoms with Crippen LogP contribution in [-0.4, -0.2) is 18.4 Å². The van der Waals surface area contributed by atoms with Crippen LogP contribution >= 0.6 is 0 Å². The normalized spacial score (nSPS) is 36.0. The number of aliphatic hydroxyl groups is 1. The Morgan fingerprint density at radius 1 is 1.50 bits per heavy atom. The summed E-state index contributed by atoms with van der Waals surface area (Å²) in [6.07, 6.45) is 1.50. The van der Waals surface area contributed by atoms with Gasteiger partial charge in [-0.3, -0.25) is 4.39 Å². The summed E-state index contributed by atoms with van der Waals surface area (Å²) in [5.41, 5.74) is 0.0928. The highest BCUT2D eigenvalue weighted by molar-refractivity contribution is 5.08. The van der Waals surface area contributed by atoms with Crippen LogP contribution in [0.5, 0.6) is 0 Å². The van der Waals surface area contributed by atoms with E-state index < -0.39 is 0 Å². The molecule has 1 N–H and O–H groups in total. The van der Waals surface area contributed by atoms with Crippen molar-refractivity contribution in [2.75, 3.05) is 13.3 Å². The summed E-state index contributed by atoms with van der Waals surface area (Å²) in [6, 6.07) is 0. The van der Waals surface area contributed by atoms with Crippen LogP contribution in [0.25, 0.3) is 0 Å². The van der Waals surface area contributed by atoms with Gasteiger partial charge in [0.05, 0.1) is 6.67 Å². The molecule has 1 rings (SSSR count). The Balaban J connectivity index is 2.50. The summed E-state index contributed by atoms with van der Waals surface area (Å²) < 4.78 is 11.9. The highest BCUT2D eigenvalue weighted by Crippen LogP contribution is 2.65. The van der Waals surface area contributed by atoms with E-state index in [0.29, 0.717) is 6.42 Å². The van der Waals surface area contributed by atoms with Crippen molar-refractivity contribution in [2.24, 2.45) is 10.8 Å². The van der Waals surface area contributed by atoms with E-state index in [2.05, 4.69) is 13.8 Å². The van der Waals surface area contributed by atoms with Crippen molar-refractivity contribution in [2.45, 2.75) is 26.7 Å². The van der Waals surface area contributed by atoms with E-state index in [1.165, 1.54) is 0 Å². The lowest BCUT2D eigenvalue weighted by Gasteiger charge is -2.14. The van der Waals surface area contributed by atoms with Gasteiger partial charge in [-0.15, -0.1) is 0 Å². The smallest absolute Gasteiger partial charge is 0.0900 e. The third-order valence-electron chi connectivity index (χ3n) is 2.97. The van der Waals surface area contributed by atoms with E-state index in [1.807, 2.05) is 0 Å². The molecule has 1 nitrogen and oxygen atoms in total. The number of aliphatic hydroxyl groups excluding tert-OH is 1. The van der Waals surface area contributed by atoms with Gasteiger partial charge in [0.1, 0.15) is 0 Å². The molecule has 1 aliphatic rings. The summed E-state index contributed by atoms with van der Waals surface area (Å²) in [7, 11) is 0. The average molecular weight is 146 g/mol. The lowest BCUT2D eigenvalue weighted by molar-refractivity contribution is 0.162. The molecule has 1 saturated carbocycles. The van der Waals surface area contributed by atoms with E-state index in [1.54, 1.807) is 0 Å². The Hall–Kier alpha value is -0.110. The summed E-state index contributed by atoms with van der Waals surface area (Å²) in [5.74, 6) is 0. The van der Waals surface area contributed by atoms with Gasteiger partial charge in [0.2, 0.25) is 0 Å². The van der Waals surface area contributed by atoms with Crippen LogP contribution in [-0.2, 0) is 0 Å². The highest BCUT2D eigenvalue weighted by atomic mass is 19.1. The summed E-state index contributed by atoms with van der Waals surface area (Å²) in [6.45, 7) is 4.01. The maximum atomic E-state index is 11.9. The van der Waals surface area contributed by atoms with Crippen LogP contribution in [0, 0.1) is 10.8 Å². The molecule has 0 heterocycles. The van der Waals surface area contributed by atoms with Crippen molar-refractivity contribution >= 4 is 0 Å².